The molecule has 316 valence electrons. The molecule has 4 aromatic carbocycles. The molecule has 5 aliphatic rings. The molecule has 7 N–H and O–H groups in total. The third-order valence-corrected chi connectivity index (χ3v) is 16.1. The molecule has 12 nitrogen and oxygen atoms in total. The molecular formula is C45H53FN8O4S2. The van der Waals surface area contributed by atoms with Crippen LogP contribution in [0.4, 0.5) is 25.4 Å². The van der Waals surface area contributed by atoms with Crippen LogP contribution in [-0.4, -0.2) is 46.0 Å². The minimum absolute atomic E-state index is 0.0852. The van der Waals surface area contributed by atoms with Crippen molar-refractivity contribution in [3.8, 4) is 0 Å². The first kappa shape index (κ1) is 40.7. The number of halogens is 1. The molecule has 4 amide bonds. The Hall–Kier alpha value is -4.67. The number of urea groups is 2. The van der Waals surface area contributed by atoms with Crippen molar-refractivity contribution in [2.45, 2.75) is 112 Å². The van der Waals surface area contributed by atoms with E-state index in [9.17, 15) is 22.4 Å². The molecule has 4 unspecified atom stereocenters. The lowest BCUT2D eigenvalue weighted by Crippen LogP contribution is -2.34. The number of carbonyl (C=O) groups is 2. The van der Waals surface area contributed by atoms with Crippen molar-refractivity contribution in [2.24, 2.45) is 9.50 Å². The second-order valence-electron chi connectivity index (χ2n) is 17.1. The number of aryl methyl sites for hydroxylation is 2. The predicted molar refractivity (Wildman–Crippen MR) is 233 cm³/mol. The number of anilines is 2. The summed E-state index contributed by atoms with van der Waals surface area (Å²) in [4.78, 5) is 29.0. The van der Waals surface area contributed by atoms with Crippen molar-refractivity contribution in [2.75, 3.05) is 31.3 Å². The normalized spacial score (nSPS) is 21.1. The van der Waals surface area contributed by atoms with Gasteiger partial charge in [-0.2, -0.15) is 0 Å². The Kier molecular flexibility index (Phi) is 10.8. The summed E-state index contributed by atoms with van der Waals surface area (Å²) in [6, 6.07) is 12.4. The van der Waals surface area contributed by atoms with E-state index in [-0.39, 0.29) is 21.8 Å². The molecule has 60 heavy (non-hydrogen) atoms. The van der Waals surface area contributed by atoms with E-state index in [2.05, 4.69) is 43.0 Å². The number of nitrogens with one attached hydrogen (secondary N) is 5. The summed E-state index contributed by atoms with van der Waals surface area (Å²) in [6.45, 7) is 1.26. The molecule has 0 bridgehead atoms. The lowest BCUT2D eigenvalue weighted by atomic mass is 9.83. The van der Waals surface area contributed by atoms with Crippen molar-refractivity contribution >= 4 is 43.3 Å². The zero-order valence-electron chi connectivity index (χ0n) is 34.2. The van der Waals surface area contributed by atoms with Crippen LogP contribution in [0.3, 0.4) is 0 Å². The Bertz CT molecular complexity index is 2610. The lowest BCUT2D eigenvalue weighted by Gasteiger charge is -2.24. The Morgan fingerprint density at radius 2 is 1.40 bits per heavy atom. The van der Waals surface area contributed by atoms with Crippen LogP contribution in [0.25, 0.3) is 0 Å². The molecule has 0 radical (unpaired) electrons. The lowest BCUT2D eigenvalue weighted by molar-refractivity contribution is 0.256. The highest BCUT2D eigenvalue weighted by Gasteiger charge is 2.38. The molecule has 1 aliphatic heterocycles. The van der Waals surface area contributed by atoms with Crippen LogP contribution in [0.15, 0.2) is 62.7 Å². The van der Waals surface area contributed by atoms with E-state index in [0.717, 1.165) is 118 Å². The van der Waals surface area contributed by atoms with Gasteiger partial charge in [-0.25, -0.2) is 37.0 Å². The number of fused-ring (bicyclic) bond motifs is 4. The zero-order valence-corrected chi connectivity index (χ0v) is 35.8. The Morgan fingerprint density at radius 3 is 2.02 bits per heavy atom. The minimum atomic E-state index is -3.85. The number of hydrogen-bond acceptors (Lipinski definition) is 7. The summed E-state index contributed by atoms with van der Waals surface area (Å²) in [6.07, 6.45) is 12.1. The highest BCUT2D eigenvalue weighted by atomic mass is 32.2. The van der Waals surface area contributed by atoms with Crippen molar-refractivity contribution in [1.82, 2.24) is 14.9 Å². The fourth-order valence-electron chi connectivity index (χ4n) is 10.8. The van der Waals surface area contributed by atoms with E-state index < -0.39 is 37.7 Å². The van der Waals surface area contributed by atoms with Crippen molar-refractivity contribution in [3.05, 3.63) is 116 Å². The highest BCUT2D eigenvalue weighted by molar-refractivity contribution is 7.91. The largest absolute Gasteiger partial charge is 0.354 e. The second-order valence-corrected chi connectivity index (χ2v) is 20.6. The molecular weight excluding hydrogens is 800 g/mol. The van der Waals surface area contributed by atoms with Crippen molar-refractivity contribution < 1.29 is 22.4 Å². The van der Waals surface area contributed by atoms with Gasteiger partial charge in [0.25, 0.3) is 0 Å². The van der Waals surface area contributed by atoms with Crippen LogP contribution in [0.5, 0.6) is 0 Å². The maximum atomic E-state index is 15.0. The average molecular weight is 853 g/mol. The first-order chi connectivity index (χ1) is 28.8. The number of likely N-dealkylation sites (tertiary alicyclic amines) is 1. The molecule has 4 aliphatic carbocycles. The van der Waals surface area contributed by atoms with Gasteiger partial charge >= 0.3 is 12.1 Å². The minimum Gasteiger partial charge on any atom is -0.316 e. The maximum absolute atomic E-state index is 15.0. The SMILES string of the molecule is CNCc1ccc(S(N)(=O)=NC(=O)Nc2c3c(c(C4CC(c5ccc(S(=N)(=O)NC(=O)Nc6c7c(cc8c6CCC8)CCC7)cc5)N(C)C4)c4c2CCC4)CCC3)c(F)c1. The topological polar surface area (TPSA) is 182 Å². The van der Waals surface area contributed by atoms with Crippen LogP contribution in [0.2, 0.25) is 0 Å². The number of nitrogens with two attached hydrogens (primary N) is 1. The third kappa shape index (κ3) is 7.52. The van der Waals surface area contributed by atoms with Gasteiger partial charge in [0.15, 0.2) is 9.92 Å². The molecule has 4 atom stereocenters. The van der Waals surface area contributed by atoms with Crippen LogP contribution in [0, 0.1) is 10.6 Å². The quantitative estimate of drug-likeness (QED) is 0.100. The molecule has 1 heterocycles. The molecule has 15 heteroatoms. The van der Waals surface area contributed by atoms with E-state index in [1.807, 2.05) is 12.1 Å². The fourth-order valence-corrected chi connectivity index (χ4v) is 12.8. The van der Waals surface area contributed by atoms with E-state index in [4.69, 9.17) is 9.92 Å². The Labute approximate surface area is 352 Å². The summed E-state index contributed by atoms with van der Waals surface area (Å²) in [5.74, 6) is -0.522. The summed E-state index contributed by atoms with van der Waals surface area (Å²) < 4.78 is 57.1. The first-order valence-electron chi connectivity index (χ1n) is 21.1. The standard InChI is InChI=1S/C45H53FN8O4S2/c1-49-24-26-15-20-40(38(46)21-26)60(48,58)53-45(56)51-43-36-13-5-11-34(36)41(35-12-6-14-37(35)43)30-23-39(54(2)25-30)27-16-18-31(19-17-27)59(47,57)52-44(55)50-42-32-9-3-7-28(32)22-29-8-4-10-33(29)42/h15-22,30,39,49H,3-14,23-25H2,1-2H3,(H3,47,50,52,55,57)(H3,48,51,53,56,58). The molecule has 0 spiro atoms. The second kappa shape index (κ2) is 16.0. The van der Waals surface area contributed by atoms with Gasteiger partial charge in [0.2, 0.25) is 0 Å². The van der Waals surface area contributed by atoms with Crippen LogP contribution in [-0.2, 0) is 77.7 Å². The van der Waals surface area contributed by atoms with Gasteiger partial charge in [-0.15, -0.1) is 4.36 Å². The molecule has 4 aromatic rings. The van der Waals surface area contributed by atoms with Crippen molar-refractivity contribution in [1.29, 1.82) is 4.78 Å². The number of likely N-dealkylation sites (N-methyl/N-ethyl adjacent to an activating group) is 1. The number of rotatable bonds is 9. The smallest absolute Gasteiger partial charge is 0.316 e. The predicted octanol–water partition coefficient (Wildman–Crippen LogP) is 7.74. The number of nitrogens with zero attached hydrogens (tertiary/aromatic N) is 2. The van der Waals surface area contributed by atoms with E-state index in [1.54, 1.807) is 25.2 Å². The first-order valence-corrected chi connectivity index (χ1v) is 24.3. The molecule has 0 saturated carbocycles. The number of hydrogen-bond donors (Lipinski definition) is 6. The third-order valence-electron chi connectivity index (χ3n) is 13.3. The molecule has 9 rings (SSSR count). The van der Waals surface area contributed by atoms with E-state index in [0.29, 0.717) is 12.1 Å². The van der Waals surface area contributed by atoms with Gasteiger partial charge in [0.05, 0.1) is 9.79 Å². The highest BCUT2D eigenvalue weighted by Crippen LogP contribution is 2.49. The summed E-state index contributed by atoms with van der Waals surface area (Å²) in [5.41, 5.74) is 14.3. The average Bonchev–Trinajstić information content (AvgIpc) is 4.05. The van der Waals surface area contributed by atoms with E-state index >= 15 is 0 Å². The fraction of sp³-hybridized carbons (Fsp3) is 0.422. The van der Waals surface area contributed by atoms with Crippen LogP contribution in [0.1, 0.15) is 105 Å². The number of carbonyl (C=O) groups excluding carboxylic acids is 2. The van der Waals surface area contributed by atoms with Gasteiger partial charge in [0, 0.05) is 30.5 Å². The summed E-state index contributed by atoms with van der Waals surface area (Å²) in [7, 11) is -3.61. The summed E-state index contributed by atoms with van der Waals surface area (Å²) >= 11 is 0. The van der Waals surface area contributed by atoms with Crippen molar-refractivity contribution in [3.63, 3.8) is 0 Å². The van der Waals surface area contributed by atoms with Gasteiger partial charge in [-0.1, -0.05) is 24.3 Å². The summed E-state index contributed by atoms with van der Waals surface area (Å²) in [5, 5.41) is 14.9. The number of benzene rings is 4. The van der Waals surface area contributed by atoms with E-state index in [1.165, 1.54) is 51.1 Å². The van der Waals surface area contributed by atoms with Crippen LogP contribution >= 0.6 is 0 Å². The van der Waals surface area contributed by atoms with Crippen LogP contribution < -0.4 is 25.8 Å². The monoisotopic (exact) mass is 852 g/mol. The molecule has 0 aromatic heterocycles. The molecule has 1 saturated heterocycles. The van der Waals surface area contributed by atoms with Gasteiger partial charge in [-0.05, 0) is 189 Å². The maximum Gasteiger partial charge on any atom is 0.354 e. The zero-order chi connectivity index (χ0) is 41.9. The molecule has 1 fully saturated rings. The van der Waals surface area contributed by atoms with Gasteiger partial charge in [0.1, 0.15) is 15.7 Å². The Morgan fingerprint density at radius 1 is 0.817 bits per heavy atom. The van der Waals surface area contributed by atoms with Gasteiger partial charge in [-0.3, -0.25) is 4.90 Å². The number of amides is 4. The Balaban J connectivity index is 0.915. The van der Waals surface area contributed by atoms with Gasteiger partial charge < -0.3 is 16.0 Å².